The van der Waals surface area contributed by atoms with Crippen LogP contribution in [0.25, 0.3) is 0 Å². The van der Waals surface area contributed by atoms with Crippen LogP contribution in [-0.2, 0) is 9.59 Å². The average Bonchev–Trinajstić information content (AvgIpc) is 2.72. The molecule has 0 aromatic heterocycles. The van der Waals surface area contributed by atoms with Gasteiger partial charge in [-0.1, -0.05) is 26.7 Å². The number of carbonyl (C=O) groups excluding carboxylic acids is 3. The van der Waals surface area contributed by atoms with Gasteiger partial charge in [-0.3, -0.25) is 14.5 Å². The van der Waals surface area contributed by atoms with Gasteiger partial charge in [-0.2, -0.15) is 0 Å². The van der Waals surface area contributed by atoms with Crippen LogP contribution in [0.15, 0.2) is 0 Å². The Bertz CT molecular complexity index is 442. The molecular weight excluding hydrogens is 282 g/mol. The van der Waals surface area contributed by atoms with E-state index in [4.69, 9.17) is 0 Å². The van der Waals surface area contributed by atoms with Gasteiger partial charge >= 0.3 is 6.03 Å². The van der Waals surface area contributed by atoms with E-state index in [2.05, 4.69) is 24.5 Å². The molecule has 1 heterocycles. The molecule has 124 valence electrons. The lowest BCUT2D eigenvalue weighted by atomic mass is 9.77. The van der Waals surface area contributed by atoms with Gasteiger partial charge in [0.15, 0.2) is 0 Å². The summed E-state index contributed by atoms with van der Waals surface area (Å²) in [5, 5.41) is 5.60. The molecule has 1 aliphatic carbocycles. The Kier molecular flexibility index (Phi) is 5.42. The molecule has 1 aliphatic heterocycles. The fourth-order valence-corrected chi connectivity index (χ4v) is 3.22. The normalized spacial score (nSPS) is 28.1. The monoisotopic (exact) mass is 309 g/mol. The average molecular weight is 309 g/mol. The van der Waals surface area contributed by atoms with Gasteiger partial charge < -0.3 is 10.6 Å². The molecule has 4 amide bonds. The molecule has 1 spiro atoms. The zero-order chi connectivity index (χ0) is 16.2. The molecule has 0 bridgehead atoms. The number of carbonyl (C=O) groups is 3. The van der Waals surface area contributed by atoms with Crippen molar-refractivity contribution in [2.75, 3.05) is 13.1 Å². The van der Waals surface area contributed by atoms with E-state index in [9.17, 15) is 14.4 Å². The van der Waals surface area contributed by atoms with Gasteiger partial charge in [0.25, 0.3) is 5.91 Å². The Morgan fingerprint density at radius 3 is 2.64 bits per heavy atom. The predicted molar refractivity (Wildman–Crippen MR) is 83.1 cm³/mol. The third-order valence-corrected chi connectivity index (χ3v) is 4.78. The molecule has 2 fully saturated rings. The van der Waals surface area contributed by atoms with E-state index in [1.165, 1.54) is 0 Å². The highest BCUT2D eigenvalue weighted by atomic mass is 16.2. The zero-order valence-corrected chi connectivity index (χ0v) is 13.6. The fraction of sp³-hybridized carbons (Fsp3) is 0.812. The summed E-state index contributed by atoms with van der Waals surface area (Å²) in [5.74, 6) is 0.0974. The summed E-state index contributed by atoms with van der Waals surface area (Å²) < 4.78 is 0. The molecule has 1 saturated carbocycles. The maximum Gasteiger partial charge on any atom is 0.325 e. The van der Waals surface area contributed by atoms with Crippen molar-refractivity contribution >= 4 is 17.8 Å². The second kappa shape index (κ2) is 7.11. The Balaban J connectivity index is 1.88. The van der Waals surface area contributed by atoms with Crippen LogP contribution < -0.4 is 10.6 Å². The summed E-state index contributed by atoms with van der Waals surface area (Å²) in [4.78, 5) is 37.6. The van der Waals surface area contributed by atoms with Crippen LogP contribution in [-0.4, -0.2) is 41.4 Å². The summed E-state index contributed by atoms with van der Waals surface area (Å²) in [7, 11) is 0. The second-order valence-electron chi connectivity index (χ2n) is 6.64. The topological polar surface area (TPSA) is 78.5 Å². The number of imide groups is 1. The molecule has 0 aromatic rings. The first-order chi connectivity index (χ1) is 10.5. The van der Waals surface area contributed by atoms with Crippen molar-refractivity contribution in [1.82, 2.24) is 15.5 Å². The number of hydrogen-bond acceptors (Lipinski definition) is 3. The second-order valence-corrected chi connectivity index (χ2v) is 6.64. The first kappa shape index (κ1) is 16.8. The molecule has 22 heavy (non-hydrogen) atoms. The smallest absolute Gasteiger partial charge is 0.325 e. The molecule has 0 aromatic carbocycles. The van der Waals surface area contributed by atoms with Gasteiger partial charge in [0.05, 0.1) is 0 Å². The van der Waals surface area contributed by atoms with Gasteiger partial charge in [0.1, 0.15) is 12.1 Å². The number of nitrogens with zero attached hydrogens (tertiary/aromatic N) is 1. The SMILES string of the molecule is CCCCCNC(=O)CN1C(=O)NC2(CCC(C)CC2)C1=O. The van der Waals surface area contributed by atoms with Crippen LogP contribution in [0.2, 0.25) is 0 Å². The summed E-state index contributed by atoms with van der Waals surface area (Å²) in [5.41, 5.74) is -0.758. The van der Waals surface area contributed by atoms with E-state index in [1.807, 2.05) is 0 Å². The Morgan fingerprint density at radius 1 is 1.32 bits per heavy atom. The van der Waals surface area contributed by atoms with E-state index >= 15 is 0 Å². The number of unbranched alkanes of at least 4 members (excludes halogenated alkanes) is 2. The minimum atomic E-state index is -0.758. The number of rotatable bonds is 6. The van der Waals surface area contributed by atoms with Crippen LogP contribution in [0, 0.1) is 5.92 Å². The number of urea groups is 1. The summed E-state index contributed by atoms with van der Waals surface area (Å²) in [6, 6.07) is -0.428. The Morgan fingerprint density at radius 2 is 2.00 bits per heavy atom. The summed E-state index contributed by atoms with van der Waals surface area (Å²) >= 11 is 0. The van der Waals surface area contributed by atoms with Crippen LogP contribution in [0.1, 0.15) is 58.8 Å². The van der Waals surface area contributed by atoms with Crippen molar-refractivity contribution in [3.05, 3.63) is 0 Å². The van der Waals surface area contributed by atoms with Gasteiger partial charge in [-0.25, -0.2) is 4.79 Å². The van der Waals surface area contributed by atoms with Crippen LogP contribution in [0.4, 0.5) is 4.79 Å². The Labute approximate surface area is 132 Å². The summed E-state index contributed by atoms with van der Waals surface area (Å²) in [6.07, 6.45) is 6.28. The summed E-state index contributed by atoms with van der Waals surface area (Å²) in [6.45, 7) is 4.68. The van der Waals surface area contributed by atoms with E-state index < -0.39 is 11.6 Å². The predicted octanol–water partition coefficient (Wildman–Crippen LogP) is 1.79. The molecule has 6 nitrogen and oxygen atoms in total. The third-order valence-electron chi connectivity index (χ3n) is 4.78. The van der Waals surface area contributed by atoms with Gasteiger partial charge in [0.2, 0.25) is 5.91 Å². The minimum absolute atomic E-state index is 0.173. The van der Waals surface area contributed by atoms with Crippen molar-refractivity contribution < 1.29 is 14.4 Å². The van der Waals surface area contributed by atoms with Crippen LogP contribution in [0.3, 0.4) is 0 Å². The van der Waals surface area contributed by atoms with E-state index in [1.54, 1.807) is 0 Å². The van der Waals surface area contributed by atoms with Gasteiger partial charge in [0, 0.05) is 6.54 Å². The Hall–Kier alpha value is -1.59. The number of amides is 4. The highest BCUT2D eigenvalue weighted by Gasteiger charge is 2.52. The van der Waals surface area contributed by atoms with E-state index in [0.717, 1.165) is 37.0 Å². The zero-order valence-electron chi connectivity index (χ0n) is 13.6. The lowest BCUT2D eigenvalue weighted by Gasteiger charge is -2.33. The molecule has 0 atom stereocenters. The first-order valence-electron chi connectivity index (χ1n) is 8.39. The lowest BCUT2D eigenvalue weighted by molar-refractivity contribution is -0.136. The highest BCUT2D eigenvalue weighted by Crippen LogP contribution is 2.36. The van der Waals surface area contributed by atoms with Gasteiger partial charge in [-0.15, -0.1) is 0 Å². The van der Waals surface area contributed by atoms with Crippen molar-refractivity contribution in [3.8, 4) is 0 Å². The van der Waals surface area contributed by atoms with Crippen molar-refractivity contribution in [2.45, 2.75) is 64.3 Å². The minimum Gasteiger partial charge on any atom is -0.355 e. The lowest BCUT2D eigenvalue weighted by Crippen LogP contribution is -2.49. The molecule has 0 unspecified atom stereocenters. The third kappa shape index (κ3) is 3.59. The standard InChI is InChI=1S/C16H27N3O3/c1-3-4-5-10-17-13(20)11-19-14(21)16(18-15(19)22)8-6-12(2)7-9-16/h12H,3-11H2,1-2H3,(H,17,20)(H,18,22). The molecule has 1 saturated heterocycles. The maximum absolute atomic E-state index is 12.6. The van der Waals surface area contributed by atoms with Gasteiger partial charge in [-0.05, 0) is 38.0 Å². The van der Waals surface area contributed by atoms with Crippen LogP contribution in [0.5, 0.6) is 0 Å². The fourth-order valence-electron chi connectivity index (χ4n) is 3.22. The molecule has 6 heteroatoms. The van der Waals surface area contributed by atoms with Crippen LogP contribution >= 0.6 is 0 Å². The quantitative estimate of drug-likeness (QED) is 0.580. The number of nitrogens with one attached hydrogen (secondary N) is 2. The maximum atomic E-state index is 12.6. The number of hydrogen-bond donors (Lipinski definition) is 2. The van der Waals surface area contributed by atoms with E-state index in [-0.39, 0.29) is 18.4 Å². The highest BCUT2D eigenvalue weighted by molar-refractivity contribution is 6.09. The largest absolute Gasteiger partial charge is 0.355 e. The molecule has 2 rings (SSSR count). The molecule has 2 N–H and O–H groups in total. The van der Waals surface area contributed by atoms with E-state index in [0.29, 0.717) is 25.3 Å². The molecular formula is C16H27N3O3. The van der Waals surface area contributed by atoms with Crippen molar-refractivity contribution in [1.29, 1.82) is 0 Å². The molecule has 2 aliphatic rings. The first-order valence-corrected chi connectivity index (χ1v) is 8.39. The van der Waals surface area contributed by atoms with Crippen molar-refractivity contribution in [3.63, 3.8) is 0 Å². The molecule has 0 radical (unpaired) electrons. The van der Waals surface area contributed by atoms with Crippen molar-refractivity contribution in [2.24, 2.45) is 5.92 Å².